The Bertz CT molecular complexity index is 467. The third-order valence-corrected chi connectivity index (χ3v) is 2.94. The molecule has 2 rings (SSSR count). The lowest BCUT2D eigenvalue weighted by molar-refractivity contribution is -0.128. The van der Waals surface area contributed by atoms with Crippen LogP contribution in [0.1, 0.15) is 6.92 Å². The summed E-state index contributed by atoms with van der Waals surface area (Å²) in [5, 5.41) is 9.78. The fraction of sp³-hybridized carbons (Fsp3) is 0.417. The minimum atomic E-state index is -0.795. The van der Waals surface area contributed by atoms with Crippen molar-refractivity contribution in [2.24, 2.45) is 0 Å². The van der Waals surface area contributed by atoms with Gasteiger partial charge in [0.1, 0.15) is 23.8 Å². The van der Waals surface area contributed by atoms with E-state index in [0.29, 0.717) is 5.69 Å². The van der Waals surface area contributed by atoms with E-state index in [9.17, 15) is 14.3 Å². The molecule has 98 valence electrons. The molecule has 1 saturated heterocycles. The van der Waals surface area contributed by atoms with Crippen LogP contribution in [0.5, 0.6) is 5.75 Å². The van der Waals surface area contributed by atoms with Crippen LogP contribution in [-0.2, 0) is 4.79 Å². The number of nitrogens with two attached hydrogens (primary N) is 1. The van der Waals surface area contributed by atoms with Crippen molar-refractivity contribution < 1.29 is 19.0 Å². The second kappa shape index (κ2) is 4.81. The number of likely N-dealkylation sites (tertiary alicyclic amines) is 1. The number of aliphatic hydroxyl groups excluding tert-OH is 1. The van der Waals surface area contributed by atoms with Gasteiger partial charge >= 0.3 is 0 Å². The Hall–Kier alpha value is -1.82. The Labute approximate surface area is 104 Å². The number of rotatable bonds is 2. The number of anilines is 1. The SMILES string of the molecule is CC(=O)N1CC(O)C(Oc2cc(F)ccc2N)C1. The number of hydrogen-bond donors (Lipinski definition) is 2. The molecule has 3 N–H and O–H groups in total. The Balaban J connectivity index is 2.10. The molecule has 1 aromatic carbocycles. The number of amides is 1. The van der Waals surface area contributed by atoms with E-state index in [1.54, 1.807) is 0 Å². The van der Waals surface area contributed by atoms with Gasteiger partial charge in [-0.3, -0.25) is 4.79 Å². The van der Waals surface area contributed by atoms with Gasteiger partial charge in [0, 0.05) is 13.0 Å². The van der Waals surface area contributed by atoms with Crippen LogP contribution in [0.3, 0.4) is 0 Å². The summed E-state index contributed by atoms with van der Waals surface area (Å²) in [4.78, 5) is 12.7. The van der Waals surface area contributed by atoms with E-state index in [2.05, 4.69) is 0 Å². The van der Waals surface area contributed by atoms with Gasteiger partial charge in [-0.05, 0) is 12.1 Å². The fourth-order valence-corrected chi connectivity index (χ4v) is 1.90. The molecule has 1 heterocycles. The van der Waals surface area contributed by atoms with E-state index < -0.39 is 18.0 Å². The second-order valence-electron chi connectivity index (χ2n) is 4.33. The number of halogens is 1. The summed E-state index contributed by atoms with van der Waals surface area (Å²) >= 11 is 0. The highest BCUT2D eigenvalue weighted by atomic mass is 19.1. The van der Waals surface area contributed by atoms with Crippen LogP contribution in [0.2, 0.25) is 0 Å². The second-order valence-corrected chi connectivity index (χ2v) is 4.33. The van der Waals surface area contributed by atoms with Crippen molar-refractivity contribution in [1.82, 2.24) is 4.90 Å². The van der Waals surface area contributed by atoms with Crippen molar-refractivity contribution in [3.05, 3.63) is 24.0 Å². The predicted molar refractivity (Wildman–Crippen MR) is 63.5 cm³/mol. The number of hydrogen-bond acceptors (Lipinski definition) is 4. The molecule has 0 saturated carbocycles. The zero-order valence-electron chi connectivity index (χ0n) is 9.97. The van der Waals surface area contributed by atoms with Crippen molar-refractivity contribution in [1.29, 1.82) is 0 Å². The number of aliphatic hydroxyl groups is 1. The summed E-state index contributed by atoms with van der Waals surface area (Å²) in [5.74, 6) is -0.410. The van der Waals surface area contributed by atoms with Crippen LogP contribution in [0.4, 0.5) is 10.1 Å². The van der Waals surface area contributed by atoms with Gasteiger partial charge in [-0.25, -0.2) is 4.39 Å². The number of carbonyl (C=O) groups is 1. The maximum absolute atomic E-state index is 13.1. The first-order valence-electron chi connectivity index (χ1n) is 5.62. The van der Waals surface area contributed by atoms with E-state index >= 15 is 0 Å². The normalized spacial score (nSPS) is 23.2. The molecule has 1 amide bonds. The van der Waals surface area contributed by atoms with Gasteiger partial charge in [-0.15, -0.1) is 0 Å². The molecular formula is C12H15FN2O3. The number of ether oxygens (including phenoxy) is 1. The predicted octanol–water partition coefficient (Wildman–Crippen LogP) is 0.378. The summed E-state index contributed by atoms with van der Waals surface area (Å²) in [6, 6.07) is 3.79. The fourth-order valence-electron chi connectivity index (χ4n) is 1.90. The summed E-state index contributed by atoms with van der Waals surface area (Å²) in [7, 11) is 0. The maximum atomic E-state index is 13.1. The largest absolute Gasteiger partial charge is 0.484 e. The summed E-state index contributed by atoms with van der Waals surface area (Å²) < 4.78 is 18.5. The first kappa shape index (κ1) is 12.6. The number of nitrogens with zero attached hydrogens (tertiary/aromatic N) is 1. The first-order valence-corrected chi connectivity index (χ1v) is 5.62. The van der Waals surface area contributed by atoms with Gasteiger partial charge in [0.25, 0.3) is 0 Å². The lowest BCUT2D eigenvalue weighted by Crippen LogP contribution is -2.30. The third kappa shape index (κ3) is 2.53. The molecule has 0 aliphatic carbocycles. The summed E-state index contributed by atoms with van der Waals surface area (Å²) in [6.07, 6.45) is -1.38. The van der Waals surface area contributed by atoms with E-state index in [4.69, 9.17) is 10.5 Å². The average Bonchev–Trinajstić information content (AvgIpc) is 2.66. The maximum Gasteiger partial charge on any atom is 0.219 e. The first-order chi connectivity index (χ1) is 8.47. The lowest BCUT2D eigenvalue weighted by atomic mass is 10.2. The number of β-amino-alcohol motifs (C(OH)–C–C–N with tert-alkyl or cyclic N) is 1. The van der Waals surface area contributed by atoms with Gasteiger partial charge in [-0.1, -0.05) is 0 Å². The van der Waals surface area contributed by atoms with Gasteiger partial charge in [-0.2, -0.15) is 0 Å². The molecule has 0 bridgehead atoms. The molecular weight excluding hydrogens is 239 g/mol. The van der Waals surface area contributed by atoms with Crippen molar-refractivity contribution in [2.45, 2.75) is 19.1 Å². The van der Waals surface area contributed by atoms with E-state index in [1.165, 1.54) is 30.0 Å². The highest BCUT2D eigenvalue weighted by molar-refractivity contribution is 5.73. The monoisotopic (exact) mass is 254 g/mol. The van der Waals surface area contributed by atoms with Gasteiger partial charge in [0.15, 0.2) is 0 Å². The van der Waals surface area contributed by atoms with Crippen LogP contribution in [0.25, 0.3) is 0 Å². The van der Waals surface area contributed by atoms with Gasteiger partial charge in [0.2, 0.25) is 5.91 Å². The molecule has 0 radical (unpaired) electrons. The van der Waals surface area contributed by atoms with E-state index in [0.717, 1.165) is 0 Å². The number of nitrogen functional groups attached to an aromatic ring is 1. The highest BCUT2D eigenvalue weighted by Gasteiger charge is 2.34. The topological polar surface area (TPSA) is 75.8 Å². The lowest BCUT2D eigenvalue weighted by Gasteiger charge is -2.17. The van der Waals surface area contributed by atoms with Crippen LogP contribution < -0.4 is 10.5 Å². The summed E-state index contributed by atoms with van der Waals surface area (Å²) in [6.45, 7) is 1.91. The minimum absolute atomic E-state index is 0.132. The Morgan fingerprint density at radius 2 is 2.28 bits per heavy atom. The van der Waals surface area contributed by atoms with Crippen LogP contribution in [-0.4, -0.2) is 41.2 Å². The van der Waals surface area contributed by atoms with Crippen molar-refractivity contribution in [3.8, 4) is 5.75 Å². The van der Waals surface area contributed by atoms with Crippen LogP contribution >= 0.6 is 0 Å². The molecule has 6 heteroatoms. The minimum Gasteiger partial charge on any atom is -0.484 e. The molecule has 2 unspecified atom stereocenters. The average molecular weight is 254 g/mol. The van der Waals surface area contributed by atoms with Crippen LogP contribution in [0.15, 0.2) is 18.2 Å². The molecule has 0 spiro atoms. The zero-order chi connectivity index (χ0) is 13.3. The molecule has 1 aliphatic rings. The molecule has 1 aliphatic heterocycles. The Morgan fingerprint density at radius 1 is 1.56 bits per heavy atom. The van der Waals surface area contributed by atoms with E-state index in [1.807, 2.05) is 0 Å². The summed E-state index contributed by atoms with van der Waals surface area (Å²) in [5.41, 5.74) is 5.95. The zero-order valence-corrected chi connectivity index (χ0v) is 9.97. The van der Waals surface area contributed by atoms with Crippen molar-refractivity contribution >= 4 is 11.6 Å². The standard InChI is InChI=1S/C12H15FN2O3/c1-7(16)15-5-10(17)12(6-15)18-11-4-8(13)2-3-9(11)14/h2-4,10,12,17H,5-6,14H2,1H3. The smallest absolute Gasteiger partial charge is 0.219 e. The molecule has 1 aromatic rings. The highest BCUT2D eigenvalue weighted by Crippen LogP contribution is 2.25. The number of benzene rings is 1. The number of carbonyl (C=O) groups excluding carboxylic acids is 1. The van der Waals surface area contributed by atoms with Gasteiger partial charge in [0.05, 0.1) is 18.8 Å². The van der Waals surface area contributed by atoms with Crippen molar-refractivity contribution in [2.75, 3.05) is 18.8 Å². The Morgan fingerprint density at radius 3 is 2.89 bits per heavy atom. The van der Waals surface area contributed by atoms with Gasteiger partial charge < -0.3 is 20.5 Å². The van der Waals surface area contributed by atoms with E-state index in [-0.39, 0.29) is 24.7 Å². The molecule has 5 nitrogen and oxygen atoms in total. The molecule has 0 aromatic heterocycles. The molecule has 1 fully saturated rings. The molecule has 18 heavy (non-hydrogen) atoms. The van der Waals surface area contributed by atoms with Crippen molar-refractivity contribution in [3.63, 3.8) is 0 Å². The third-order valence-electron chi connectivity index (χ3n) is 2.94. The molecule has 2 atom stereocenters. The Kier molecular flexibility index (Phi) is 3.38. The van der Waals surface area contributed by atoms with Crippen LogP contribution in [0, 0.1) is 5.82 Å². The quantitative estimate of drug-likeness (QED) is 0.748.